The van der Waals surface area contributed by atoms with Crippen molar-refractivity contribution >= 4 is 50.3 Å². The summed E-state index contributed by atoms with van der Waals surface area (Å²) >= 11 is 2.66. The average molecular weight is 429 g/mol. The fourth-order valence-corrected chi connectivity index (χ4v) is 5.14. The number of hydrogen-bond acceptors (Lipinski definition) is 9. The van der Waals surface area contributed by atoms with E-state index in [1.807, 2.05) is 17.5 Å². The van der Waals surface area contributed by atoms with Crippen molar-refractivity contribution in [3.8, 4) is 16.5 Å². The standard InChI is InChI=1S/C19H20N6O2S2/c20-10-11-13(12-2-1-9-28-12)14-15(21)16(17(22)26)29-19(14)24-18(11)23-3-4-25-5-7-27-8-6-25/h1-2,9H,3-8,21H2,(H2,22,26)(H,23,24). The van der Waals surface area contributed by atoms with Gasteiger partial charge in [-0.2, -0.15) is 5.26 Å². The Bertz CT molecular complexity index is 1080. The molecule has 1 fully saturated rings. The van der Waals surface area contributed by atoms with E-state index in [2.05, 4.69) is 21.3 Å². The number of carbonyl (C=O) groups is 1. The quantitative estimate of drug-likeness (QED) is 0.549. The van der Waals surface area contributed by atoms with Crippen LogP contribution in [0.4, 0.5) is 11.5 Å². The number of nitrogens with zero attached hydrogens (tertiary/aromatic N) is 3. The van der Waals surface area contributed by atoms with E-state index in [1.165, 1.54) is 11.3 Å². The number of nitriles is 1. The molecule has 0 saturated carbocycles. The summed E-state index contributed by atoms with van der Waals surface area (Å²) in [4.78, 5) is 20.5. The Balaban J connectivity index is 1.76. The third-order valence-electron chi connectivity index (χ3n) is 4.80. The minimum atomic E-state index is -0.594. The van der Waals surface area contributed by atoms with E-state index in [4.69, 9.17) is 16.2 Å². The van der Waals surface area contributed by atoms with E-state index < -0.39 is 5.91 Å². The minimum absolute atomic E-state index is 0.264. The fraction of sp³-hybridized carbons (Fsp3) is 0.316. The van der Waals surface area contributed by atoms with Crippen LogP contribution in [-0.4, -0.2) is 55.2 Å². The number of nitrogens with one attached hydrogen (secondary N) is 1. The van der Waals surface area contributed by atoms with Crippen LogP contribution in [0.15, 0.2) is 17.5 Å². The number of nitrogens with two attached hydrogens (primary N) is 2. The molecule has 0 atom stereocenters. The number of thiophene rings is 2. The smallest absolute Gasteiger partial charge is 0.260 e. The molecule has 1 aliphatic heterocycles. The molecule has 0 spiro atoms. The summed E-state index contributed by atoms with van der Waals surface area (Å²) in [5.41, 5.74) is 13.1. The molecule has 29 heavy (non-hydrogen) atoms. The number of ether oxygens (including phenoxy) is 1. The van der Waals surface area contributed by atoms with Gasteiger partial charge in [0.2, 0.25) is 0 Å². The fourth-order valence-electron chi connectivity index (χ4n) is 3.40. The monoisotopic (exact) mass is 428 g/mol. The third-order valence-corrected chi connectivity index (χ3v) is 6.81. The van der Waals surface area contributed by atoms with Crippen molar-refractivity contribution in [1.29, 1.82) is 5.26 Å². The van der Waals surface area contributed by atoms with Gasteiger partial charge in [0.25, 0.3) is 5.91 Å². The Hall–Kier alpha value is -2.71. The van der Waals surface area contributed by atoms with E-state index in [9.17, 15) is 10.1 Å². The lowest BCUT2D eigenvalue weighted by Gasteiger charge is -2.26. The first-order valence-electron chi connectivity index (χ1n) is 9.14. The van der Waals surface area contributed by atoms with Crippen LogP contribution in [0.25, 0.3) is 20.7 Å². The van der Waals surface area contributed by atoms with Gasteiger partial charge in [0.15, 0.2) is 0 Å². The number of nitrogen functional groups attached to an aromatic ring is 1. The first-order chi connectivity index (χ1) is 14.1. The van der Waals surface area contributed by atoms with Crippen LogP contribution in [-0.2, 0) is 4.74 Å². The number of aromatic nitrogens is 1. The Labute approximate surface area is 175 Å². The molecular formula is C19H20N6O2S2. The number of anilines is 2. The second-order valence-corrected chi connectivity index (χ2v) is 8.52. The number of rotatable bonds is 6. The second-order valence-electron chi connectivity index (χ2n) is 6.57. The summed E-state index contributed by atoms with van der Waals surface area (Å²) in [6.45, 7) is 4.72. The van der Waals surface area contributed by atoms with Gasteiger partial charge in [0.05, 0.1) is 18.9 Å². The molecule has 4 rings (SSSR count). The summed E-state index contributed by atoms with van der Waals surface area (Å²) in [6.07, 6.45) is 0. The van der Waals surface area contributed by atoms with Crippen molar-refractivity contribution in [3.63, 3.8) is 0 Å². The van der Waals surface area contributed by atoms with Crippen LogP contribution in [0.2, 0.25) is 0 Å². The Morgan fingerprint density at radius 2 is 2.21 bits per heavy atom. The zero-order valence-electron chi connectivity index (χ0n) is 15.6. The molecule has 0 bridgehead atoms. The summed E-state index contributed by atoms with van der Waals surface area (Å²) < 4.78 is 5.37. The van der Waals surface area contributed by atoms with Gasteiger partial charge in [-0.05, 0) is 11.4 Å². The van der Waals surface area contributed by atoms with Gasteiger partial charge in [0, 0.05) is 42.0 Å². The van der Waals surface area contributed by atoms with E-state index in [-0.39, 0.29) is 10.6 Å². The summed E-state index contributed by atoms with van der Waals surface area (Å²) in [6, 6.07) is 6.12. The number of pyridine rings is 1. The van der Waals surface area contributed by atoms with Crippen LogP contribution in [0.1, 0.15) is 15.2 Å². The number of primary amides is 1. The number of amides is 1. The number of hydrogen-bond donors (Lipinski definition) is 3. The van der Waals surface area contributed by atoms with Gasteiger partial charge in [-0.25, -0.2) is 4.98 Å². The summed E-state index contributed by atoms with van der Waals surface area (Å²) in [7, 11) is 0. The molecule has 3 aromatic heterocycles. The summed E-state index contributed by atoms with van der Waals surface area (Å²) in [5.74, 6) is -0.100. The normalized spacial score (nSPS) is 14.7. The maximum atomic E-state index is 11.8. The lowest BCUT2D eigenvalue weighted by atomic mass is 10.0. The highest BCUT2D eigenvalue weighted by Gasteiger charge is 2.24. The van der Waals surface area contributed by atoms with Gasteiger partial charge in [-0.1, -0.05) is 6.07 Å². The van der Waals surface area contributed by atoms with Gasteiger partial charge < -0.3 is 21.5 Å². The zero-order chi connectivity index (χ0) is 20.4. The van der Waals surface area contributed by atoms with Gasteiger partial charge in [-0.3, -0.25) is 9.69 Å². The summed E-state index contributed by atoms with van der Waals surface area (Å²) in [5, 5.41) is 15.8. The highest BCUT2D eigenvalue weighted by molar-refractivity contribution is 7.21. The van der Waals surface area contributed by atoms with Gasteiger partial charge in [0.1, 0.15) is 27.2 Å². The molecule has 8 nitrogen and oxygen atoms in total. The predicted molar refractivity (Wildman–Crippen MR) is 116 cm³/mol. The molecule has 0 aromatic carbocycles. The van der Waals surface area contributed by atoms with Crippen LogP contribution in [0.5, 0.6) is 0 Å². The third kappa shape index (κ3) is 3.77. The highest BCUT2D eigenvalue weighted by atomic mass is 32.1. The Morgan fingerprint density at radius 3 is 2.86 bits per heavy atom. The van der Waals surface area contributed by atoms with Crippen molar-refractivity contribution in [1.82, 2.24) is 9.88 Å². The van der Waals surface area contributed by atoms with Crippen molar-refractivity contribution < 1.29 is 9.53 Å². The largest absolute Gasteiger partial charge is 0.397 e. The predicted octanol–water partition coefficient (Wildman–Crippen LogP) is 2.32. The van der Waals surface area contributed by atoms with Gasteiger partial charge in [-0.15, -0.1) is 22.7 Å². The molecule has 3 aromatic rings. The molecule has 5 N–H and O–H groups in total. The van der Waals surface area contributed by atoms with E-state index in [0.29, 0.717) is 33.7 Å². The first-order valence-corrected chi connectivity index (χ1v) is 10.8. The molecule has 4 heterocycles. The SMILES string of the molecule is N#Cc1c(NCCN2CCOCC2)nc2sc(C(N)=O)c(N)c2c1-c1cccs1. The lowest BCUT2D eigenvalue weighted by molar-refractivity contribution is 0.0398. The molecular weight excluding hydrogens is 408 g/mol. The molecule has 0 radical (unpaired) electrons. The molecule has 0 unspecified atom stereocenters. The van der Waals surface area contributed by atoms with Crippen molar-refractivity contribution in [3.05, 3.63) is 28.0 Å². The second kappa shape index (κ2) is 8.34. The first kappa shape index (κ1) is 19.6. The molecule has 1 aliphatic rings. The van der Waals surface area contributed by atoms with E-state index in [1.54, 1.807) is 0 Å². The van der Waals surface area contributed by atoms with E-state index >= 15 is 0 Å². The van der Waals surface area contributed by atoms with Crippen molar-refractivity contribution in [2.45, 2.75) is 0 Å². The van der Waals surface area contributed by atoms with Crippen LogP contribution in [0.3, 0.4) is 0 Å². The molecule has 150 valence electrons. The van der Waals surface area contributed by atoms with Crippen LogP contribution < -0.4 is 16.8 Å². The maximum Gasteiger partial charge on any atom is 0.260 e. The maximum absolute atomic E-state index is 11.8. The number of carbonyl (C=O) groups excluding carboxylic acids is 1. The average Bonchev–Trinajstić information content (AvgIpc) is 3.36. The van der Waals surface area contributed by atoms with Gasteiger partial charge >= 0.3 is 0 Å². The topological polar surface area (TPSA) is 130 Å². The molecule has 10 heteroatoms. The van der Waals surface area contributed by atoms with E-state index in [0.717, 1.165) is 49.1 Å². The number of morpholine rings is 1. The van der Waals surface area contributed by atoms with Crippen LogP contribution >= 0.6 is 22.7 Å². The molecule has 1 saturated heterocycles. The van der Waals surface area contributed by atoms with Crippen molar-refractivity contribution in [2.75, 3.05) is 50.4 Å². The highest BCUT2D eigenvalue weighted by Crippen LogP contribution is 2.44. The Kier molecular flexibility index (Phi) is 5.64. The van der Waals surface area contributed by atoms with Crippen molar-refractivity contribution in [2.24, 2.45) is 5.73 Å². The zero-order valence-corrected chi connectivity index (χ0v) is 17.2. The Morgan fingerprint density at radius 1 is 1.41 bits per heavy atom. The number of fused-ring (bicyclic) bond motifs is 1. The van der Waals surface area contributed by atoms with Crippen LogP contribution in [0, 0.1) is 11.3 Å². The molecule has 1 amide bonds. The molecule has 0 aliphatic carbocycles. The minimum Gasteiger partial charge on any atom is -0.397 e. The lowest BCUT2D eigenvalue weighted by Crippen LogP contribution is -2.39.